The van der Waals surface area contributed by atoms with Gasteiger partial charge in [0.25, 0.3) is 11.8 Å². The zero-order valence-corrected chi connectivity index (χ0v) is 21.6. The molecule has 40 heavy (non-hydrogen) atoms. The van der Waals surface area contributed by atoms with Crippen molar-refractivity contribution in [3.05, 3.63) is 120 Å². The fourth-order valence-corrected chi connectivity index (χ4v) is 4.96. The quantitative estimate of drug-likeness (QED) is 0.253. The molecule has 1 aromatic heterocycles. The Hall–Kier alpha value is -5.11. The molecule has 6 rings (SSSR count). The molecule has 1 atom stereocenters. The molecule has 0 aliphatic carbocycles. The average Bonchev–Trinajstić information content (AvgIpc) is 3.53. The van der Waals surface area contributed by atoms with Crippen LogP contribution in [0, 0.1) is 12.7 Å². The van der Waals surface area contributed by atoms with E-state index in [2.05, 4.69) is 4.98 Å². The van der Waals surface area contributed by atoms with Crippen LogP contribution < -0.4 is 4.90 Å². The van der Waals surface area contributed by atoms with Crippen molar-refractivity contribution in [2.24, 2.45) is 0 Å². The van der Waals surface area contributed by atoms with Gasteiger partial charge in [0.1, 0.15) is 17.4 Å². The van der Waals surface area contributed by atoms with Crippen LogP contribution in [0.4, 0.5) is 10.1 Å². The average molecular weight is 534 g/mol. The summed E-state index contributed by atoms with van der Waals surface area (Å²) in [4.78, 5) is 47.7. The van der Waals surface area contributed by atoms with Gasteiger partial charge in [-0.25, -0.2) is 14.3 Å². The van der Waals surface area contributed by atoms with E-state index in [0.29, 0.717) is 33.9 Å². The number of rotatable bonds is 6. The lowest BCUT2D eigenvalue weighted by Crippen LogP contribution is -2.45. The second kappa shape index (κ2) is 10.2. The van der Waals surface area contributed by atoms with Crippen molar-refractivity contribution < 1.29 is 23.2 Å². The molecule has 0 saturated carbocycles. The van der Waals surface area contributed by atoms with Crippen molar-refractivity contribution in [2.45, 2.75) is 25.9 Å². The first-order valence-electron chi connectivity index (χ1n) is 12.8. The minimum absolute atomic E-state index is 0.0433. The predicted octanol–water partition coefficient (Wildman–Crippen LogP) is 5.92. The van der Waals surface area contributed by atoms with Crippen LogP contribution in [-0.4, -0.2) is 33.6 Å². The van der Waals surface area contributed by atoms with Crippen LogP contribution >= 0.6 is 0 Å². The van der Waals surface area contributed by atoms with Crippen LogP contribution in [0.1, 0.15) is 27.9 Å². The maximum absolute atomic E-state index is 13.7. The third-order valence-electron chi connectivity index (χ3n) is 7.07. The van der Waals surface area contributed by atoms with E-state index in [1.54, 1.807) is 48.5 Å². The predicted molar refractivity (Wildman–Crippen MR) is 148 cm³/mol. The highest BCUT2D eigenvalue weighted by molar-refractivity contribution is 6.23. The molecule has 0 radical (unpaired) electrons. The molecule has 5 aromatic rings. The van der Waals surface area contributed by atoms with E-state index in [0.717, 1.165) is 16.0 Å². The maximum Gasteiger partial charge on any atom is 0.257 e. The first-order valence-corrected chi connectivity index (χ1v) is 12.8. The number of carbonyl (C=O) groups is 3. The van der Waals surface area contributed by atoms with E-state index in [1.807, 2.05) is 43.3 Å². The van der Waals surface area contributed by atoms with Crippen LogP contribution in [0.25, 0.3) is 22.6 Å². The molecule has 0 spiro atoms. The van der Waals surface area contributed by atoms with E-state index < -0.39 is 23.7 Å². The number of imide groups is 1. The van der Waals surface area contributed by atoms with E-state index in [-0.39, 0.29) is 18.9 Å². The molecule has 1 fully saturated rings. The smallest absolute Gasteiger partial charge is 0.257 e. The van der Waals surface area contributed by atoms with Gasteiger partial charge in [-0.2, -0.15) is 0 Å². The number of halogens is 1. The van der Waals surface area contributed by atoms with Gasteiger partial charge in [-0.05, 0) is 72.6 Å². The fraction of sp³-hybridized carbons (Fsp3) is 0.125. The van der Waals surface area contributed by atoms with Gasteiger partial charge < -0.3 is 9.32 Å². The van der Waals surface area contributed by atoms with Crippen molar-refractivity contribution in [1.82, 2.24) is 9.88 Å². The molecular weight excluding hydrogens is 509 g/mol. The number of aryl methyl sites for hydroxylation is 1. The van der Waals surface area contributed by atoms with Crippen LogP contribution in [-0.2, 0) is 16.1 Å². The highest BCUT2D eigenvalue weighted by atomic mass is 19.1. The number of para-hydroxylation sites is 2. The van der Waals surface area contributed by atoms with Gasteiger partial charge in [0.2, 0.25) is 11.8 Å². The summed E-state index contributed by atoms with van der Waals surface area (Å²) in [5.41, 5.74) is 4.31. The van der Waals surface area contributed by atoms with Gasteiger partial charge in [-0.3, -0.25) is 14.4 Å². The lowest BCUT2D eigenvalue weighted by atomic mass is 10.0. The summed E-state index contributed by atoms with van der Waals surface area (Å²) in [6.45, 7) is 1.86. The summed E-state index contributed by atoms with van der Waals surface area (Å²) in [7, 11) is 0. The molecule has 7 nitrogen and oxygen atoms in total. The third-order valence-corrected chi connectivity index (χ3v) is 7.07. The van der Waals surface area contributed by atoms with Gasteiger partial charge >= 0.3 is 0 Å². The van der Waals surface area contributed by atoms with Gasteiger partial charge in [0, 0.05) is 17.7 Å². The summed E-state index contributed by atoms with van der Waals surface area (Å²) in [5, 5.41) is 0. The van der Waals surface area contributed by atoms with Crippen molar-refractivity contribution in [3.63, 3.8) is 0 Å². The first kappa shape index (κ1) is 25.2. The molecule has 1 unspecified atom stereocenters. The number of aromatic nitrogens is 1. The SMILES string of the molecule is Cc1ccccc1C(=O)N(Cc1ccc(F)cc1)C1CC(=O)N(c2ccc(-c3nc4ccccc4o3)cc2)C1=O. The molecule has 1 aliphatic rings. The normalized spacial score (nSPS) is 15.2. The van der Waals surface area contributed by atoms with Gasteiger partial charge in [-0.15, -0.1) is 0 Å². The van der Waals surface area contributed by atoms with Crippen molar-refractivity contribution in [1.29, 1.82) is 0 Å². The topological polar surface area (TPSA) is 83.7 Å². The number of hydrogen-bond acceptors (Lipinski definition) is 5. The molecule has 0 bridgehead atoms. The first-order chi connectivity index (χ1) is 19.4. The standard InChI is InChI=1S/C32H24FN3O4/c1-20-6-2-3-7-25(20)31(38)35(19-21-10-14-23(33)15-11-21)27-18-29(37)36(32(27)39)24-16-12-22(13-17-24)30-34-26-8-4-5-9-28(26)40-30/h2-17,27H,18-19H2,1H3. The van der Waals surface area contributed by atoms with Crippen LogP contribution in [0.2, 0.25) is 0 Å². The third kappa shape index (κ3) is 4.64. The minimum Gasteiger partial charge on any atom is -0.436 e. The lowest BCUT2D eigenvalue weighted by molar-refractivity contribution is -0.122. The van der Waals surface area contributed by atoms with Gasteiger partial charge in [0.15, 0.2) is 5.58 Å². The minimum atomic E-state index is -1.01. The maximum atomic E-state index is 13.7. The lowest BCUT2D eigenvalue weighted by Gasteiger charge is -2.28. The molecule has 198 valence electrons. The van der Waals surface area contributed by atoms with Gasteiger partial charge in [0.05, 0.1) is 12.1 Å². The Labute approximate surface area is 229 Å². The molecule has 8 heteroatoms. The molecule has 1 saturated heterocycles. The number of anilines is 1. The van der Waals surface area contributed by atoms with Crippen LogP contribution in [0.3, 0.4) is 0 Å². The van der Waals surface area contributed by atoms with Crippen molar-refractivity contribution in [2.75, 3.05) is 4.90 Å². The molecule has 4 aromatic carbocycles. The number of amides is 3. The van der Waals surface area contributed by atoms with E-state index in [1.165, 1.54) is 17.0 Å². The number of nitrogens with zero attached hydrogens (tertiary/aromatic N) is 3. The monoisotopic (exact) mass is 533 g/mol. The highest BCUT2D eigenvalue weighted by Crippen LogP contribution is 2.31. The zero-order valence-electron chi connectivity index (χ0n) is 21.6. The second-order valence-electron chi connectivity index (χ2n) is 9.70. The molecule has 3 amide bonds. The van der Waals surface area contributed by atoms with E-state index >= 15 is 0 Å². The number of fused-ring (bicyclic) bond motifs is 1. The Morgan fingerprint density at radius 1 is 0.950 bits per heavy atom. The molecular formula is C32H24FN3O4. The van der Waals surface area contributed by atoms with E-state index in [9.17, 15) is 18.8 Å². The summed E-state index contributed by atoms with van der Waals surface area (Å²) in [5.74, 6) is -1.25. The Morgan fingerprint density at radius 3 is 2.38 bits per heavy atom. The molecule has 2 heterocycles. The highest BCUT2D eigenvalue weighted by Gasteiger charge is 2.44. The Bertz CT molecular complexity index is 1710. The summed E-state index contributed by atoms with van der Waals surface area (Å²) in [6, 6.07) is 26.0. The Morgan fingerprint density at radius 2 is 1.65 bits per heavy atom. The van der Waals surface area contributed by atoms with Crippen molar-refractivity contribution >= 4 is 34.5 Å². The molecule has 0 N–H and O–H groups in total. The number of oxazole rings is 1. The molecule has 1 aliphatic heterocycles. The summed E-state index contributed by atoms with van der Waals surface area (Å²) >= 11 is 0. The fourth-order valence-electron chi connectivity index (χ4n) is 4.96. The van der Waals surface area contributed by atoms with Crippen molar-refractivity contribution in [3.8, 4) is 11.5 Å². The number of hydrogen-bond donors (Lipinski definition) is 0. The Kier molecular flexibility index (Phi) is 6.43. The summed E-state index contributed by atoms with van der Waals surface area (Å²) < 4.78 is 19.4. The zero-order chi connectivity index (χ0) is 27.8. The van der Waals surface area contributed by atoms with Crippen LogP contribution in [0.5, 0.6) is 0 Å². The number of benzene rings is 4. The van der Waals surface area contributed by atoms with E-state index in [4.69, 9.17) is 4.42 Å². The summed E-state index contributed by atoms with van der Waals surface area (Å²) in [6.07, 6.45) is -0.162. The van der Waals surface area contributed by atoms with Gasteiger partial charge in [-0.1, -0.05) is 42.5 Å². The Balaban J connectivity index is 1.30. The second-order valence-corrected chi connectivity index (χ2v) is 9.70. The van der Waals surface area contributed by atoms with Crippen LogP contribution in [0.15, 0.2) is 101 Å². The number of carbonyl (C=O) groups excluding carboxylic acids is 3. The largest absolute Gasteiger partial charge is 0.436 e.